The number of furan rings is 1. The van der Waals surface area contributed by atoms with Gasteiger partial charge >= 0.3 is 0 Å². The van der Waals surface area contributed by atoms with Gasteiger partial charge in [0.1, 0.15) is 11.2 Å². The maximum Gasteiger partial charge on any atom is 0.136 e. The molecule has 34 heavy (non-hydrogen) atoms. The lowest BCUT2D eigenvalue weighted by atomic mass is 9.98. The van der Waals surface area contributed by atoms with Crippen molar-refractivity contribution in [3.05, 3.63) is 127 Å². The lowest BCUT2D eigenvalue weighted by Gasteiger charge is -2.27. The largest absolute Gasteiger partial charge is 0.456 e. The molecule has 0 bridgehead atoms. The molecule has 0 aliphatic rings. The molecule has 7 aromatic rings. The second-order valence-corrected chi connectivity index (χ2v) is 7.74. The van der Waals surface area contributed by atoms with Gasteiger partial charge < -0.3 is 9.32 Å². The topological polar surface area (TPSA) is 16.4 Å². The number of hydrogen-bond donors (Lipinski definition) is 0. The zero-order valence-electron chi connectivity index (χ0n) is 28.6. The summed E-state index contributed by atoms with van der Waals surface area (Å²) in [5.41, 5.74) is 0.721. The number of fused-ring (bicyclic) bond motifs is 6. The number of rotatable bonds is 3. The Morgan fingerprint density at radius 1 is 0.529 bits per heavy atom. The molecule has 2 nitrogen and oxygen atoms in total. The van der Waals surface area contributed by atoms with E-state index in [-0.39, 0.29) is 61.3 Å². The predicted octanol–water partition coefficient (Wildman–Crippen LogP) is 9.36. The van der Waals surface area contributed by atoms with Gasteiger partial charge in [-0.05, 0) is 64.6 Å². The first kappa shape index (κ1) is 11.0. The maximum absolute atomic E-state index is 9.35. The van der Waals surface area contributed by atoms with E-state index in [2.05, 4.69) is 0 Å². The van der Waals surface area contributed by atoms with E-state index >= 15 is 0 Å². The van der Waals surface area contributed by atoms with Crippen LogP contribution in [0.3, 0.4) is 0 Å². The Hall–Kier alpha value is -4.56. The minimum atomic E-state index is -0.550. The standard InChI is InChI=1S/C32H21NO/c1-3-10-23(11-4-1)33(24-12-5-2-6-13-24)30-16-9-15-25-26(30)19-18-22-20-32-29(21-28(22)25)27-14-7-8-17-31(27)34-32/h1-21H/i7D,8D,9D,14D,15D,16D,17D,18D,19D,20D,21D. The monoisotopic (exact) mass is 446 g/mol. The summed E-state index contributed by atoms with van der Waals surface area (Å²) in [6.07, 6.45) is 0. The van der Waals surface area contributed by atoms with Gasteiger partial charge in [-0.1, -0.05) is 78.7 Å². The van der Waals surface area contributed by atoms with Crippen LogP contribution in [0.1, 0.15) is 15.1 Å². The van der Waals surface area contributed by atoms with Crippen molar-refractivity contribution in [2.75, 3.05) is 4.90 Å². The first-order valence-electron chi connectivity index (χ1n) is 16.2. The number of para-hydroxylation sites is 3. The highest BCUT2D eigenvalue weighted by molar-refractivity contribution is 6.18. The molecule has 0 unspecified atom stereocenters. The van der Waals surface area contributed by atoms with Gasteiger partial charge in [-0.15, -0.1) is 0 Å². The minimum absolute atomic E-state index is 0.0341. The fourth-order valence-corrected chi connectivity index (χ4v) is 4.23. The molecule has 0 N–H and O–H groups in total. The lowest BCUT2D eigenvalue weighted by Crippen LogP contribution is -2.10. The lowest BCUT2D eigenvalue weighted by molar-refractivity contribution is 0.669. The summed E-state index contributed by atoms with van der Waals surface area (Å²) in [7, 11) is 0. The SMILES string of the molecule is [2H]c1c([2H])c([2H])c2c(oc3c([2H])c4c([2H])c([2H])c5c(N(c6ccccc6)c6ccccc6)c([2H])c([2H])c([2H])c5c4c([2H])c32)c1[2H]. The summed E-state index contributed by atoms with van der Waals surface area (Å²) >= 11 is 0. The van der Waals surface area contributed by atoms with Crippen molar-refractivity contribution >= 4 is 60.5 Å². The van der Waals surface area contributed by atoms with Crippen LogP contribution in [-0.2, 0) is 0 Å². The molecule has 6 aromatic carbocycles. The average Bonchev–Trinajstić information content (AvgIpc) is 3.46. The number of anilines is 3. The van der Waals surface area contributed by atoms with E-state index in [1.54, 1.807) is 53.4 Å². The molecule has 0 amide bonds. The fourth-order valence-electron chi connectivity index (χ4n) is 4.23. The van der Waals surface area contributed by atoms with E-state index in [1.165, 1.54) is 0 Å². The van der Waals surface area contributed by atoms with E-state index in [0.717, 1.165) is 0 Å². The molecule has 0 saturated heterocycles. The summed E-state index contributed by atoms with van der Waals surface area (Å²) in [6, 6.07) is 12.9. The van der Waals surface area contributed by atoms with Crippen LogP contribution in [0.25, 0.3) is 43.5 Å². The van der Waals surface area contributed by atoms with Gasteiger partial charge in [-0.25, -0.2) is 0 Å². The number of nitrogens with zero attached hydrogens (tertiary/aromatic N) is 1. The van der Waals surface area contributed by atoms with Gasteiger partial charge in [0.15, 0.2) is 0 Å². The van der Waals surface area contributed by atoms with E-state index in [0.29, 0.717) is 11.4 Å². The molecule has 2 heteroatoms. The third-order valence-electron chi connectivity index (χ3n) is 5.74. The van der Waals surface area contributed by atoms with Crippen molar-refractivity contribution in [2.45, 2.75) is 0 Å². The molecule has 160 valence electrons. The zero-order valence-corrected chi connectivity index (χ0v) is 17.6. The molecule has 0 atom stereocenters. The van der Waals surface area contributed by atoms with Gasteiger partial charge in [0.05, 0.1) is 20.8 Å². The number of benzene rings is 6. The Balaban J connectivity index is 1.77. The molecule has 0 spiro atoms. The van der Waals surface area contributed by atoms with Crippen LogP contribution in [0.4, 0.5) is 17.1 Å². The third-order valence-corrected chi connectivity index (χ3v) is 5.74. The van der Waals surface area contributed by atoms with Gasteiger partial charge in [-0.3, -0.25) is 0 Å². The van der Waals surface area contributed by atoms with Crippen LogP contribution in [-0.4, -0.2) is 0 Å². The molecule has 1 aromatic heterocycles. The van der Waals surface area contributed by atoms with E-state index in [1.807, 2.05) is 12.1 Å². The third kappa shape index (κ3) is 2.89. The van der Waals surface area contributed by atoms with Crippen molar-refractivity contribution in [1.29, 1.82) is 0 Å². The van der Waals surface area contributed by atoms with Crippen molar-refractivity contribution in [2.24, 2.45) is 0 Å². The predicted molar refractivity (Wildman–Crippen MR) is 143 cm³/mol. The van der Waals surface area contributed by atoms with Crippen molar-refractivity contribution in [3.8, 4) is 0 Å². The quantitative estimate of drug-likeness (QED) is 0.251. The summed E-state index contributed by atoms with van der Waals surface area (Å²) in [4.78, 5) is 1.67. The van der Waals surface area contributed by atoms with Crippen molar-refractivity contribution in [1.82, 2.24) is 0 Å². The van der Waals surface area contributed by atoms with E-state index < -0.39 is 54.4 Å². The number of hydrogen-bond acceptors (Lipinski definition) is 2. The highest BCUT2D eigenvalue weighted by Crippen LogP contribution is 2.41. The normalized spacial score (nSPS) is 16.1. The summed E-state index contributed by atoms with van der Waals surface area (Å²) in [6.45, 7) is 0. The first-order valence-corrected chi connectivity index (χ1v) is 10.7. The van der Waals surface area contributed by atoms with Crippen LogP contribution in [0.15, 0.2) is 132 Å². The van der Waals surface area contributed by atoms with Crippen LogP contribution in [0.2, 0.25) is 0 Å². The summed E-state index contributed by atoms with van der Waals surface area (Å²) in [5, 5.41) is -0.640. The van der Waals surface area contributed by atoms with Gasteiger partial charge in [0, 0.05) is 27.5 Å². The first-order chi connectivity index (χ1) is 21.5. The van der Waals surface area contributed by atoms with Gasteiger partial charge in [0.25, 0.3) is 0 Å². The highest BCUT2D eigenvalue weighted by atomic mass is 16.3. The Bertz CT molecular complexity index is 2350. The highest BCUT2D eigenvalue weighted by Gasteiger charge is 2.16. The minimum Gasteiger partial charge on any atom is -0.456 e. The smallest absolute Gasteiger partial charge is 0.136 e. The molecule has 0 aliphatic carbocycles. The van der Waals surface area contributed by atoms with Crippen molar-refractivity contribution < 1.29 is 19.5 Å². The van der Waals surface area contributed by atoms with Crippen LogP contribution < -0.4 is 4.90 Å². The molecule has 0 aliphatic heterocycles. The Kier molecular flexibility index (Phi) is 2.43. The Labute approximate surface area is 212 Å². The maximum atomic E-state index is 9.35. The fraction of sp³-hybridized carbons (Fsp3) is 0. The zero-order chi connectivity index (χ0) is 32.1. The summed E-state index contributed by atoms with van der Waals surface area (Å²) < 4.78 is 103. The molecule has 7 rings (SSSR count). The Morgan fingerprint density at radius 2 is 1.24 bits per heavy atom. The molecule has 0 saturated carbocycles. The van der Waals surface area contributed by atoms with E-state index in [4.69, 9.17) is 16.8 Å². The Morgan fingerprint density at radius 3 is 2.00 bits per heavy atom. The average molecular weight is 447 g/mol. The second kappa shape index (κ2) is 7.50. The van der Waals surface area contributed by atoms with E-state index in [9.17, 15) is 2.74 Å². The van der Waals surface area contributed by atoms with Crippen LogP contribution in [0, 0.1) is 0 Å². The van der Waals surface area contributed by atoms with Crippen LogP contribution in [0.5, 0.6) is 0 Å². The molecular formula is C32H21NO. The van der Waals surface area contributed by atoms with Crippen LogP contribution >= 0.6 is 0 Å². The van der Waals surface area contributed by atoms with Crippen molar-refractivity contribution in [3.63, 3.8) is 0 Å². The molecule has 0 radical (unpaired) electrons. The van der Waals surface area contributed by atoms with Gasteiger partial charge in [0.2, 0.25) is 0 Å². The van der Waals surface area contributed by atoms with Gasteiger partial charge in [-0.2, -0.15) is 0 Å². The molecule has 1 heterocycles. The summed E-state index contributed by atoms with van der Waals surface area (Å²) in [5.74, 6) is 0. The second-order valence-electron chi connectivity index (χ2n) is 7.74. The molecule has 0 fully saturated rings. The molecular weight excluding hydrogens is 414 g/mol.